The van der Waals surface area contributed by atoms with Crippen molar-refractivity contribution in [2.75, 3.05) is 32.5 Å². The second kappa shape index (κ2) is 7.43. The molecule has 0 saturated carbocycles. The van der Waals surface area contributed by atoms with Crippen LogP contribution in [0.4, 0.5) is 10.5 Å². The number of nitrogens with one attached hydrogen (secondary N) is 1. The molecular weight excluding hydrogens is 266 g/mol. The molecule has 5 heteroatoms. The molecule has 0 radical (unpaired) electrons. The molecule has 0 spiro atoms. The van der Waals surface area contributed by atoms with Gasteiger partial charge in [0.2, 0.25) is 0 Å². The van der Waals surface area contributed by atoms with Crippen molar-refractivity contribution in [2.24, 2.45) is 0 Å². The molecule has 0 aliphatic carbocycles. The summed E-state index contributed by atoms with van der Waals surface area (Å²) < 4.78 is 0. The minimum atomic E-state index is -0.903. The Morgan fingerprint density at radius 3 is 2.52 bits per heavy atom. The van der Waals surface area contributed by atoms with E-state index in [9.17, 15) is 9.90 Å². The van der Waals surface area contributed by atoms with E-state index in [1.165, 1.54) is 0 Å². The Kier molecular flexibility index (Phi) is 6.18. The molecule has 0 aromatic heterocycles. The summed E-state index contributed by atoms with van der Waals surface area (Å²) in [5, 5.41) is 12.7. The van der Waals surface area contributed by atoms with Crippen LogP contribution in [0.1, 0.15) is 26.3 Å². The van der Waals surface area contributed by atoms with Crippen molar-refractivity contribution < 1.29 is 9.90 Å². The molecule has 0 bridgehead atoms. The van der Waals surface area contributed by atoms with E-state index in [2.05, 4.69) is 10.2 Å². The van der Waals surface area contributed by atoms with Crippen LogP contribution in [-0.2, 0) is 6.54 Å². The van der Waals surface area contributed by atoms with Gasteiger partial charge in [-0.1, -0.05) is 12.1 Å². The Morgan fingerprint density at radius 1 is 1.33 bits per heavy atom. The van der Waals surface area contributed by atoms with Crippen LogP contribution in [0.15, 0.2) is 24.3 Å². The average molecular weight is 293 g/mol. The summed E-state index contributed by atoms with van der Waals surface area (Å²) >= 11 is 0. The molecule has 0 unspecified atom stereocenters. The van der Waals surface area contributed by atoms with E-state index in [4.69, 9.17) is 0 Å². The molecule has 1 aromatic rings. The zero-order valence-electron chi connectivity index (χ0n) is 13.7. The smallest absolute Gasteiger partial charge is 0.321 e. The van der Waals surface area contributed by atoms with E-state index >= 15 is 0 Å². The third-order valence-corrected chi connectivity index (χ3v) is 2.92. The van der Waals surface area contributed by atoms with Gasteiger partial charge in [0.25, 0.3) is 0 Å². The summed E-state index contributed by atoms with van der Waals surface area (Å²) in [6.07, 6.45) is 0. The molecule has 5 nitrogen and oxygen atoms in total. The third kappa shape index (κ3) is 6.60. The summed E-state index contributed by atoms with van der Waals surface area (Å²) in [4.78, 5) is 15.9. The van der Waals surface area contributed by atoms with Gasteiger partial charge >= 0.3 is 6.03 Å². The van der Waals surface area contributed by atoms with Crippen molar-refractivity contribution in [2.45, 2.75) is 32.9 Å². The molecule has 0 aliphatic heterocycles. The highest BCUT2D eigenvalue weighted by molar-refractivity contribution is 5.89. The fourth-order valence-corrected chi connectivity index (χ4v) is 2.11. The summed E-state index contributed by atoms with van der Waals surface area (Å²) in [7, 11) is 4.01. The number of hydrogen-bond acceptors (Lipinski definition) is 3. The predicted molar refractivity (Wildman–Crippen MR) is 86.4 cm³/mol. The maximum atomic E-state index is 12.2. The molecule has 1 rings (SSSR count). The van der Waals surface area contributed by atoms with Crippen molar-refractivity contribution >= 4 is 11.7 Å². The number of anilines is 1. The fraction of sp³-hybridized carbons (Fsp3) is 0.562. The average Bonchev–Trinajstić information content (AvgIpc) is 2.34. The number of benzene rings is 1. The molecule has 2 amide bonds. The quantitative estimate of drug-likeness (QED) is 0.846. The van der Waals surface area contributed by atoms with E-state index in [-0.39, 0.29) is 6.03 Å². The van der Waals surface area contributed by atoms with Gasteiger partial charge in [0, 0.05) is 18.8 Å². The topological polar surface area (TPSA) is 55.8 Å². The minimum absolute atomic E-state index is 0.193. The maximum absolute atomic E-state index is 12.2. The first kappa shape index (κ1) is 17.5. The molecule has 0 atom stereocenters. The highest BCUT2D eigenvalue weighted by Gasteiger charge is 2.21. The van der Waals surface area contributed by atoms with Crippen LogP contribution in [0.3, 0.4) is 0 Å². The molecule has 0 aliphatic rings. The highest BCUT2D eigenvalue weighted by atomic mass is 16.3. The largest absolute Gasteiger partial charge is 0.389 e. The third-order valence-electron chi connectivity index (χ3n) is 2.92. The number of carbonyl (C=O) groups excluding carboxylic acids is 1. The standard InChI is InChI=1S/C16H27N3O2/c1-6-19(12-16(2,3)21)15(20)17-14-9-7-8-13(10-14)11-18(4)5/h7-10,21H,6,11-12H2,1-5H3,(H,17,20). The zero-order chi connectivity index (χ0) is 16.0. The van der Waals surface area contributed by atoms with Gasteiger partial charge in [0.1, 0.15) is 0 Å². The van der Waals surface area contributed by atoms with Crippen molar-refractivity contribution in [3.05, 3.63) is 29.8 Å². The monoisotopic (exact) mass is 293 g/mol. The Balaban J connectivity index is 2.73. The lowest BCUT2D eigenvalue weighted by Crippen LogP contribution is -2.44. The van der Waals surface area contributed by atoms with Gasteiger partial charge in [-0.2, -0.15) is 0 Å². The van der Waals surface area contributed by atoms with E-state index in [0.29, 0.717) is 13.1 Å². The number of rotatable bonds is 6. The summed E-state index contributed by atoms with van der Waals surface area (Å²) in [6.45, 7) is 6.96. The van der Waals surface area contributed by atoms with Gasteiger partial charge in [-0.3, -0.25) is 0 Å². The lowest BCUT2D eigenvalue weighted by Gasteiger charge is -2.28. The van der Waals surface area contributed by atoms with Crippen molar-refractivity contribution in [3.8, 4) is 0 Å². The van der Waals surface area contributed by atoms with Crippen LogP contribution in [0, 0.1) is 0 Å². The van der Waals surface area contributed by atoms with Gasteiger partial charge in [-0.25, -0.2) is 4.79 Å². The molecule has 0 fully saturated rings. The van der Waals surface area contributed by atoms with Crippen LogP contribution < -0.4 is 5.32 Å². The van der Waals surface area contributed by atoms with E-state index < -0.39 is 5.60 Å². The molecule has 1 aromatic carbocycles. The molecule has 2 N–H and O–H groups in total. The van der Waals surface area contributed by atoms with Gasteiger partial charge in [0.05, 0.1) is 12.1 Å². The normalized spacial score (nSPS) is 11.6. The first-order chi connectivity index (χ1) is 9.71. The first-order valence-corrected chi connectivity index (χ1v) is 7.23. The Labute approximate surface area is 127 Å². The molecule has 118 valence electrons. The number of urea groups is 1. The minimum Gasteiger partial charge on any atom is -0.389 e. The molecule has 21 heavy (non-hydrogen) atoms. The number of nitrogens with zero attached hydrogens (tertiary/aromatic N) is 2. The summed E-state index contributed by atoms with van der Waals surface area (Å²) in [5.41, 5.74) is 1.01. The van der Waals surface area contributed by atoms with E-state index in [0.717, 1.165) is 17.8 Å². The Hall–Kier alpha value is -1.59. The highest BCUT2D eigenvalue weighted by Crippen LogP contribution is 2.13. The van der Waals surface area contributed by atoms with E-state index in [1.807, 2.05) is 45.3 Å². The molecule has 0 heterocycles. The van der Waals surface area contributed by atoms with Crippen LogP contribution in [0.2, 0.25) is 0 Å². The van der Waals surface area contributed by atoms with Crippen LogP contribution in [0.25, 0.3) is 0 Å². The lowest BCUT2D eigenvalue weighted by molar-refractivity contribution is 0.0501. The van der Waals surface area contributed by atoms with Gasteiger partial charge in [-0.05, 0) is 52.6 Å². The van der Waals surface area contributed by atoms with Crippen molar-refractivity contribution in [1.82, 2.24) is 9.80 Å². The van der Waals surface area contributed by atoms with Crippen molar-refractivity contribution in [1.29, 1.82) is 0 Å². The maximum Gasteiger partial charge on any atom is 0.321 e. The molecule has 0 saturated heterocycles. The van der Waals surface area contributed by atoms with Crippen molar-refractivity contribution in [3.63, 3.8) is 0 Å². The van der Waals surface area contributed by atoms with Gasteiger partial charge in [0.15, 0.2) is 0 Å². The second-order valence-electron chi connectivity index (χ2n) is 6.19. The summed E-state index contributed by atoms with van der Waals surface area (Å²) in [5.74, 6) is 0. The van der Waals surface area contributed by atoms with E-state index in [1.54, 1.807) is 18.7 Å². The first-order valence-electron chi connectivity index (χ1n) is 7.23. The number of aliphatic hydroxyl groups is 1. The van der Waals surface area contributed by atoms with Gasteiger partial charge in [-0.15, -0.1) is 0 Å². The number of hydrogen-bond donors (Lipinski definition) is 2. The Morgan fingerprint density at radius 2 is 2.00 bits per heavy atom. The number of carbonyl (C=O) groups is 1. The zero-order valence-corrected chi connectivity index (χ0v) is 13.7. The number of likely N-dealkylation sites (N-methyl/N-ethyl adjacent to an activating group) is 1. The second-order valence-corrected chi connectivity index (χ2v) is 6.19. The SMILES string of the molecule is CCN(CC(C)(C)O)C(=O)Nc1cccc(CN(C)C)c1. The summed E-state index contributed by atoms with van der Waals surface area (Å²) in [6, 6.07) is 7.61. The fourth-order valence-electron chi connectivity index (χ4n) is 2.11. The molecular formula is C16H27N3O2. The predicted octanol–water partition coefficient (Wildman–Crippen LogP) is 2.37. The van der Waals surface area contributed by atoms with Gasteiger partial charge < -0.3 is 20.2 Å². The van der Waals surface area contributed by atoms with Crippen LogP contribution >= 0.6 is 0 Å². The lowest BCUT2D eigenvalue weighted by atomic mass is 10.1. The van der Waals surface area contributed by atoms with Crippen LogP contribution in [0.5, 0.6) is 0 Å². The number of amides is 2. The Bertz CT molecular complexity index is 467. The van der Waals surface area contributed by atoms with Crippen LogP contribution in [-0.4, -0.2) is 53.7 Å².